The number of urea groups is 1. The molecule has 1 aromatic rings. The summed E-state index contributed by atoms with van der Waals surface area (Å²) in [7, 11) is 0. The summed E-state index contributed by atoms with van der Waals surface area (Å²) in [5.74, 6) is 0. The van der Waals surface area contributed by atoms with Gasteiger partial charge in [-0.2, -0.15) is 5.26 Å². The summed E-state index contributed by atoms with van der Waals surface area (Å²) in [6.07, 6.45) is 1.08. The Balaban J connectivity index is 2.44. The van der Waals surface area contributed by atoms with Gasteiger partial charge in [-0.05, 0) is 18.6 Å². The largest absolute Gasteiger partial charge is 0.334 e. The van der Waals surface area contributed by atoms with E-state index in [1.165, 1.54) is 0 Å². The molecule has 0 radical (unpaired) electrons. The average molecular weight is 217 g/mol. The predicted octanol–water partition coefficient (Wildman–Crippen LogP) is 2.50. The predicted molar refractivity (Wildman–Crippen MR) is 62.9 cm³/mol. The third kappa shape index (κ3) is 4.01. The number of hydrogen-bond acceptors (Lipinski definition) is 2. The van der Waals surface area contributed by atoms with Gasteiger partial charge in [-0.1, -0.05) is 25.1 Å². The number of carbonyl (C=O) groups excluding carboxylic acids is 1. The van der Waals surface area contributed by atoms with E-state index in [0.717, 1.165) is 12.1 Å². The number of hydrogen-bond donors (Lipinski definition) is 2. The van der Waals surface area contributed by atoms with Gasteiger partial charge in [-0.25, -0.2) is 4.79 Å². The van der Waals surface area contributed by atoms with Crippen LogP contribution in [0.5, 0.6) is 0 Å². The van der Waals surface area contributed by atoms with Crippen molar-refractivity contribution >= 4 is 11.7 Å². The maximum Gasteiger partial charge on any atom is 0.319 e. The number of nitriles is 1. The summed E-state index contributed by atoms with van der Waals surface area (Å²) >= 11 is 0. The quantitative estimate of drug-likeness (QED) is 0.813. The van der Waals surface area contributed by atoms with Gasteiger partial charge in [0.2, 0.25) is 0 Å². The van der Waals surface area contributed by atoms with Crippen LogP contribution in [-0.2, 0) is 0 Å². The van der Waals surface area contributed by atoms with Gasteiger partial charge in [0.25, 0.3) is 0 Å². The molecule has 2 amide bonds. The summed E-state index contributed by atoms with van der Waals surface area (Å²) < 4.78 is 0. The van der Waals surface area contributed by atoms with Gasteiger partial charge in [-0.15, -0.1) is 0 Å². The van der Waals surface area contributed by atoms with E-state index in [2.05, 4.69) is 10.6 Å². The third-order valence-corrected chi connectivity index (χ3v) is 2.20. The van der Waals surface area contributed by atoms with Gasteiger partial charge in [0.15, 0.2) is 0 Å². The Morgan fingerprint density at radius 1 is 1.44 bits per heavy atom. The first-order valence-corrected chi connectivity index (χ1v) is 5.25. The molecule has 0 heterocycles. The Labute approximate surface area is 95.3 Å². The molecule has 0 aromatic heterocycles. The molecule has 0 aliphatic rings. The molecular formula is C12H15N3O. The van der Waals surface area contributed by atoms with E-state index in [1.54, 1.807) is 0 Å². The highest BCUT2D eigenvalue weighted by Gasteiger charge is 2.09. The van der Waals surface area contributed by atoms with Crippen LogP contribution in [-0.4, -0.2) is 12.1 Å². The molecule has 0 aliphatic heterocycles. The van der Waals surface area contributed by atoms with Gasteiger partial charge in [0.05, 0.1) is 12.5 Å². The van der Waals surface area contributed by atoms with Crippen molar-refractivity contribution < 1.29 is 4.79 Å². The van der Waals surface area contributed by atoms with Crippen molar-refractivity contribution in [3.05, 3.63) is 30.3 Å². The molecule has 2 N–H and O–H groups in total. The van der Waals surface area contributed by atoms with Crippen molar-refractivity contribution in [1.29, 1.82) is 5.26 Å². The number of nitrogens with one attached hydrogen (secondary N) is 2. The number of amides is 2. The zero-order chi connectivity index (χ0) is 11.8. The second kappa shape index (κ2) is 6.46. The minimum atomic E-state index is -0.270. The first-order chi connectivity index (χ1) is 7.76. The Hall–Kier alpha value is -2.02. The smallest absolute Gasteiger partial charge is 0.319 e. The van der Waals surface area contributed by atoms with E-state index >= 15 is 0 Å². The van der Waals surface area contributed by atoms with E-state index < -0.39 is 0 Å². The van der Waals surface area contributed by atoms with Crippen molar-refractivity contribution in [2.45, 2.75) is 25.8 Å². The molecule has 84 valence electrons. The molecule has 0 saturated carbocycles. The molecule has 1 rings (SSSR count). The Morgan fingerprint density at radius 3 is 2.69 bits per heavy atom. The molecule has 4 nitrogen and oxygen atoms in total. The van der Waals surface area contributed by atoms with Crippen LogP contribution >= 0.6 is 0 Å². The molecule has 0 fully saturated rings. The molecule has 4 heteroatoms. The topological polar surface area (TPSA) is 64.9 Å². The van der Waals surface area contributed by atoms with E-state index in [-0.39, 0.29) is 12.1 Å². The van der Waals surface area contributed by atoms with Crippen LogP contribution in [0.4, 0.5) is 10.5 Å². The highest BCUT2D eigenvalue weighted by molar-refractivity contribution is 5.89. The van der Waals surface area contributed by atoms with Crippen molar-refractivity contribution in [3.8, 4) is 6.07 Å². The second-order valence-electron chi connectivity index (χ2n) is 3.43. The fraction of sp³-hybridized carbons (Fsp3) is 0.333. The van der Waals surface area contributed by atoms with Gasteiger partial charge in [0, 0.05) is 11.7 Å². The first-order valence-electron chi connectivity index (χ1n) is 5.25. The number of nitrogens with zero attached hydrogens (tertiary/aromatic N) is 1. The van der Waals surface area contributed by atoms with Crippen LogP contribution in [0, 0.1) is 11.3 Å². The lowest BCUT2D eigenvalue weighted by Gasteiger charge is -2.14. The van der Waals surface area contributed by atoms with Crippen LogP contribution in [0.15, 0.2) is 30.3 Å². The van der Waals surface area contributed by atoms with Gasteiger partial charge >= 0.3 is 6.03 Å². The summed E-state index contributed by atoms with van der Waals surface area (Å²) in [5, 5.41) is 14.0. The Bertz CT molecular complexity index is 370. The zero-order valence-electron chi connectivity index (χ0n) is 9.23. The summed E-state index contributed by atoms with van der Waals surface area (Å²) in [5.41, 5.74) is 0.742. The lowest BCUT2D eigenvalue weighted by molar-refractivity contribution is 0.248. The van der Waals surface area contributed by atoms with Gasteiger partial charge in [-0.3, -0.25) is 0 Å². The van der Waals surface area contributed by atoms with Gasteiger partial charge < -0.3 is 10.6 Å². The number of anilines is 1. The average Bonchev–Trinajstić information content (AvgIpc) is 2.29. The van der Waals surface area contributed by atoms with E-state index in [9.17, 15) is 4.79 Å². The van der Waals surface area contributed by atoms with E-state index in [0.29, 0.717) is 6.42 Å². The highest BCUT2D eigenvalue weighted by Crippen LogP contribution is 2.05. The van der Waals surface area contributed by atoms with E-state index in [4.69, 9.17) is 5.26 Å². The van der Waals surface area contributed by atoms with Crippen molar-refractivity contribution in [2.75, 3.05) is 5.32 Å². The SMILES string of the molecule is CCC(CC#N)NC(=O)Nc1ccccc1. The normalized spacial score (nSPS) is 11.2. The monoisotopic (exact) mass is 217 g/mol. The summed E-state index contributed by atoms with van der Waals surface area (Å²) in [6.45, 7) is 1.94. The summed E-state index contributed by atoms with van der Waals surface area (Å²) in [6, 6.07) is 10.9. The molecule has 0 bridgehead atoms. The lowest BCUT2D eigenvalue weighted by atomic mass is 10.2. The van der Waals surface area contributed by atoms with Crippen molar-refractivity contribution in [2.24, 2.45) is 0 Å². The fourth-order valence-electron chi connectivity index (χ4n) is 1.28. The Morgan fingerprint density at radius 2 is 2.12 bits per heavy atom. The maximum absolute atomic E-state index is 11.5. The Kier molecular flexibility index (Phi) is 4.87. The lowest BCUT2D eigenvalue weighted by Crippen LogP contribution is -2.37. The molecule has 1 aromatic carbocycles. The van der Waals surface area contributed by atoms with Gasteiger partial charge in [0.1, 0.15) is 0 Å². The number of rotatable bonds is 4. The first kappa shape index (κ1) is 12.1. The molecular weight excluding hydrogens is 202 g/mol. The van der Waals surface area contributed by atoms with Crippen LogP contribution in [0.25, 0.3) is 0 Å². The minimum absolute atomic E-state index is 0.0892. The number of benzene rings is 1. The molecule has 0 aliphatic carbocycles. The second-order valence-corrected chi connectivity index (χ2v) is 3.43. The van der Waals surface area contributed by atoms with Crippen LogP contribution in [0.2, 0.25) is 0 Å². The third-order valence-electron chi connectivity index (χ3n) is 2.20. The molecule has 1 atom stereocenters. The maximum atomic E-state index is 11.5. The standard InChI is InChI=1S/C12H15N3O/c1-2-10(8-9-13)14-12(16)15-11-6-4-3-5-7-11/h3-7,10H,2,8H2,1H3,(H2,14,15,16). The molecule has 1 unspecified atom stereocenters. The highest BCUT2D eigenvalue weighted by atomic mass is 16.2. The minimum Gasteiger partial charge on any atom is -0.334 e. The number of para-hydroxylation sites is 1. The van der Waals surface area contributed by atoms with Crippen LogP contribution in [0.3, 0.4) is 0 Å². The fourth-order valence-corrected chi connectivity index (χ4v) is 1.28. The van der Waals surface area contributed by atoms with Crippen molar-refractivity contribution in [1.82, 2.24) is 5.32 Å². The van der Waals surface area contributed by atoms with E-state index in [1.807, 2.05) is 43.3 Å². The number of carbonyl (C=O) groups is 1. The molecule has 0 spiro atoms. The van der Waals surface area contributed by atoms with Crippen LogP contribution in [0.1, 0.15) is 19.8 Å². The summed E-state index contributed by atoms with van der Waals surface area (Å²) in [4.78, 5) is 11.5. The zero-order valence-corrected chi connectivity index (χ0v) is 9.23. The van der Waals surface area contributed by atoms with Crippen molar-refractivity contribution in [3.63, 3.8) is 0 Å². The molecule has 16 heavy (non-hydrogen) atoms. The molecule has 0 saturated heterocycles. The van der Waals surface area contributed by atoms with Crippen LogP contribution < -0.4 is 10.6 Å².